The molecule has 3 atom stereocenters. The van der Waals surface area contributed by atoms with Crippen LogP contribution in [0, 0.1) is 13.8 Å². The summed E-state index contributed by atoms with van der Waals surface area (Å²) in [6.45, 7) is 3.01. The van der Waals surface area contributed by atoms with Crippen LogP contribution in [0.4, 0.5) is 5.82 Å². The summed E-state index contributed by atoms with van der Waals surface area (Å²) in [6, 6.07) is 0. The number of aliphatic hydroxyl groups is 1. The smallest absolute Gasteiger partial charge is 0.390 e. The van der Waals surface area contributed by atoms with Gasteiger partial charge in [0.25, 0.3) is 0 Å². The van der Waals surface area contributed by atoms with Crippen LogP contribution < -0.4 is 5.73 Å². The van der Waals surface area contributed by atoms with Crippen molar-refractivity contribution in [3.8, 4) is 0 Å². The second-order valence-electron chi connectivity index (χ2n) is 5.58. The Hall–Kier alpha value is -1.62. The first-order valence-corrected chi connectivity index (χ1v) is 8.71. The van der Waals surface area contributed by atoms with E-state index < -0.39 is 32.9 Å². The number of hydrogen-bond donors (Lipinski definition) is 4. The normalized spacial score (nSPS) is 24.8. The first-order chi connectivity index (χ1) is 11.2. The molecule has 3 heterocycles. The number of rotatable bonds is 4. The van der Waals surface area contributed by atoms with Crippen molar-refractivity contribution in [1.29, 1.82) is 0 Å². The van der Waals surface area contributed by atoms with Crippen molar-refractivity contribution in [2.45, 2.75) is 38.7 Å². The molecule has 132 valence electrons. The Kier molecular flexibility index (Phi) is 4.32. The van der Waals surface area contributed by atoms with Crippen LogP contribution in [-0.2, 0) is 13.8 Å². The number of aliphatic hydroxyl groups excluding tert-OH is 1. The van der Waals surface area contributed by atoms with Gasteiger partial charge in [0.1, 0.15) is 24.0 Å². The predicted molar refractivity (Wildman–Crippen MR) is 81.7 cm³/mol. The maximum Gasteiger partial charge on any atom is 0.469 e. The van der Waals surface area contributed by atoms with Gasteiger partial charge in [-0.15, -0.1) is 0 Å². The summed E-state index contributed by atoms with van der Waals surface area (Å²) in [4.78, 5) is 30.3. The fourth-order valence-electron chi connectivity index (χ4n) is 2.76. The lowest BCUT2D eigenvalue weighted by Gasteiger charge is -2.17. The average Bonchev–Trinajstić information content (AvgIpc) is 2.96. The highest BCUT2D eigenvalue weighted by Crippen LogP contribution is 2.39. The third kappa shape index (κ3) is 3.27. The second-order valence-corrected chi connectivity index (χ2v) is 6.82. The molecule has 2 aromatic rings. The topological polar surface area (TPSA) is 166 Å². The number of phosphoric acid groups is 1. The van der Waals surface area contributed by atoms with E-state index in [1.54, 1.807) is 18.4 Å². The van der Waals surface area contributed by atoms with Crippen LogP contribution in [0.25, 0.3) is 11.2 Å². The molecule has 11 nitrogen and oxygen atoms in total. The van der Waals surface area contributed by atoms with Gasteiger partial charge in [-0.1, -0.05) is 0 Å². The molecule has 1 aliphatic heterocycles. The molecule has 24 heavy (non-hydrogen) atoms. The van der Waals surface area contributed by atoms with Gasteiger partial charge in [0.05, 0.1) is 12.7 Å². The summed E-state index contributed by atoms with van der Waals surface area (Å²) >= 11 is 0. The van der Waals surface area contributed by atoms with Crippen molar-refractivity contribution in [1.82, 2.24) is 19.5 Å². The third-order valence-electron chi connectivity index (χ3n) is 3.75. The van der Waals surface area contributed by atoms with Gasteiger partial charge in [-0.2, -0.15) is 0 Å². The third-order valence-corrected chi connectivity index (χ3v) is 4.24. The van der Waals surface area contributed by atoms with Gasteiger partial charge in [-0.3, -0.25) is 9.09 Å². The molecule has 0 amide bonds. The van der Waals surface area contributed by atoms with E-state index in [0.29, 0.717) is 22.8 Å². The SMILES string of the molecule is Cc1nc(N)c2nc(C)n([C@H]3C[C@H](O)[C@@H](COP(=O)(O)O)O3)c2n1. The Morgan fingerprint density at radius 2 is 2.08 bits per heavy atom. The highest BCUT2D eigenvalue weighted by atomic mass is 31.2. The molecule has 0 saturated carbocycles. The number of phosphoric ester groups is 1. The standard InChI is InChI=1S/C12H18N5O6P/c1-5-14-11(13)10-12(15-5)17(6(2)16-10)9-3-7(18)8(23-9)4-22-24(19,20)21/h7-9,18H,3-4H2,1-2H3,(H2,13,14,15)(H2,19,20,21)/t7-,8+,9+/m0/s1. The molecule has 0 spiro atoms. The Balaban J connectivity index is 1.89. The number of ether oxygens (including phenoxy) is 1. The summed E-state index contributed by atoms with van der Waals surface area (Å²) < 4.78 is 22.6. The average molecular weight is 359 g/mol. The van der Waals surface area contributed by atoms with Crippen LogP contribution in [0.3, 0.4) is 0 Å². The van der Waals surface area contributed by atoms with E-state index in [1.807, 2.05) is 0 Å². The zero-order chi connectivity index (χ0) is 17.6. The minimum atomic E-state index is -4.63. The van der Waals surface area contributed by atoms with Gasteiger partial charge in [-0.25, -0.2) is 19.5 Å². The van der Waals surface area contributed by atoms with Crippen molar-refractivity contribution < 1.29 is 28.7 Å². The Labute approximate surface area is 136 Å². The van der Waals surface area contributed by atoms with E-state index in [-0.39, 0.29) is 12.2 Å². The fraction of sp³-hybridized carbons (Fsp3) is 0.583. The zero-order valence-electron chi connectivity index (χ0n) is 13.0. The van der Waals surface area contributed by atoms with Crippen LogP contribution in [0.5, 0.6) is 0 Å². The van der Waals surface area contributed by atoms with Crippen LogP contribution in [0.2, 0.25) is 0 Å². The van der Waals surface area contributed by atoms with E-state index in [1.165, 1.54) is 0 Å². The van der Waals surface area contributed by atoms with Crippen LogP contribution in [0.1, 0.15) is 24.3 Å². The number of hydrogen-bond acceptors (Lipinski definition) is 8. The summed E-state index contributed by atoms with van der Waals surface area (Å²) in [5.41, 5.74) is 6.78. The number of nitrogens with zero attached hydrogens (tertiary/aromatic N) is 4. The van der Waals surface area contributed by atoms with E-state index in [9.17, 15) is 9.67 Å². The van der Waals surface area contributed by atoms with Crippen LogP contribution in [-0.4, -0.2) is 53.2 Å². The molecule has 0 radical (unpaired) electrons. The first-order valence-electron chi connectivity index (χ1n) is 7.18. The molecule has 0 bridgehead atoms. The molecule has 1 saturated heterocycles. The summed E-state index contributed by atoms with van der Waals surface area (Å²) in [5.74, 6) is 1.30. The predicted octanol–water partition coefficient (Wildman–Crippen LogP) is -0.217. The van der Waals surface area contributed by atoms with Crippen LogP contribution in [0.15, 0.2) is 0 Å². The maximum atomic E-state index is 10.8. The van der Waals surface area contributed by atoms with Crippen LogP contribution >= 0.6 is 7.82 Å². The highest BCUT2D eigenvalue weighted by Gasteiger charge is 2.38. The van der Waals surface area contributed by atoms with E-state index in [0.717, 1.165) is 0 Å². The number of anilines is 1. The van der Waals surface area contributed by atoms with Gasteiger partial charge in [0, 0.05) is 6.42 Å². The molecule has 0 unspecified atom stereocenters. The van der Waals surface area contributed by atoms with Gasteiger partial charge < -0.3 is 25.4 Å². The minimum absolute atomic E-state index is 0.199. The summed E-state index contributed by atoms with van der Waals surface area (Å²) in [6.07, 6.45) is -2.23. The molecule has 5 N–H and O–H groups in total. The van der Waals surface area contributed by atoms with Gasteiger partial charge >= 0.3 is 7.82 Å². The number of aromatic nitrogens is 4. The molecular formula is C12H18N5O6P. The van der Waals surface area contributed by atoms with Crippen molar-refractivity contribution in [3.05, 3.63) is 11.6 Å². The van der Waals surface area contributed by atoms with Gasteiger partial charge in [-0.05, 0) is 13.8 Å². The number of imidazole rings is 1. The number of fused-ring (bicyclic) bond motifs is 1. The molecule has 0 aliphatic carbocycles. The Morgan fingerprint density at radius 1 is 1.38 bits per heavy atom. The first kappa shape index (κ1) is 17.2. The minimum Gasteiger partial charge on any atom is -0.390 e. The second kappa shape index (κ2) is 6.03. The number of nitrogen functional groups attached to an aromatic ring is 1. The van der Waals surface area contributed by atoms with E-state index in [2.05, 4.69) is 19.5 Å². The van der Waals surface area contributed by atoms with Crippen molar-refractivity contribution in [2.24, 2.45) is 0 Å². The lowest BCUT2D eigenvalue weighted by Crippen LogP contribution is -2.26. The zero-order valence-corrected chi connectivity index (χ0v) is 13.9. The molecule has 2 aromatic heterocycles. The summed E-state index contributed by atoms with van der Waals surface area (Å²) in [7, 11) is -4.63. The molecule has 12 heteroatoms. The Bertz CT molecular complexity index is 820. The molecule has 0 aromatic carbocycles. The molecule has 3 rings (SSSR count). The number of nitrogens with two attached hydrogens (primary N) is 1. The fourth-order valence-corrected chi connectivity index (χ4v) is 3.10. The largest absolute Gasteiger partial charge is 0.469 e. The number of aryl methyl sites for hydroxylation is 2. The monoisotopic (exact) mass is 359 g/mol. The molecular weight excluding hydrogens is 341 g/mol. The van der Waals surface area contributed by atoms with Crippen molar-refractivity contribution in [2.75, 3.05) is 12.3 Å². The molecule has 1 aliphatic rings. The quantitative estimate of drug-likeness (QED) is 0.536. The maximum absolute atomic E-state index is 10.8. The lowest BCUT2D eigenvalue weighted by atomic mass is 10.2. The summed E-state index contributed by atoms with van der Waals surface area (Å²) in [5, 5.41) is 10.1. The molecule has 1 fully saturated rings. The van der Waals surface area contributed by atoms with Crippen molar-refractivity contribution >= 4 is 24.8 Å². The van der Waals surface area contributed by atoms with E-state index in [4.69, 9.17) is 20.3 Å². The van der Waals surface area contributed by atoms with Crippen molar-refractivity contribution in [3.63, 3.8) is 0 Å². The lowest BCUT2D eigenvalue weighted by molar-refractivity contribution is -0.0430. The van der Waals surface area contributed by atoms with Gasteiger partial charge in [0.2, 0.25) is 0 Å². The highest BCUT2D eigenvalue weighted by molar-refractivity contribution is 7.46. The Morgan fingerprint density at radius 3 is 2.75 bits per heavy atom. The van der Waals surface area contributed by atoms with Gasteiger partial charge in [0.15, 0.2) is 17.0 Å². The van der Waals surface area contributed by atoms with E-state index >= 15 is 0 Å².